The van der Waals surface area contributed by atoms with Gasteiger partial charge in [-0.25, -0.2) is 4.68 Å². The summed E-state index contributed by atoms with van der Waals surface area (Å²) in [6.45, 7) is 7.73. The predicted molar refractivity (Wildman–Crippen MR) is 98.4 cm³/mol. The van der Waals surface area contributed by atoms with Crippen molar-refractivity contribution in [2.75, 3.05) is 38.2 Å². The van der Waals surface area contributed by atoms with Gasteiger partial charge < -0.3 is 15.4 Å². The number of rotatable bonds is 6. The van der Waals surface area contributed by atoms with Crippen LogP contribution < -0.4 is 10.6 Å². The topological polar surface area (TPSA) is 71.4 Å². The van der Waals surface area contributed by atoms with Crippen LogP contribution >= 0.6 is 0 Å². The van der Waals surface area contributed by atoms with Crippen LogP contribution in [0.3, 0.4) is 0 Å². The first-order valence-electron chi connectivity index (χ1n) is 9.81. The Labute approximate surface area is 162 Å². The van der Waals surface area contributed by atoms with E-state index in [1.807, 2.05) is 13.8 Å². The number of morpholine rings is 1. The summed E-state index contributed by atoms with van der Waals surface area (Å²) in [4.78, 5) is 14.8. The normalized spacial score (nSPS) is 24.3. The molecule has 2 aliphatic heterocycles. The van der Waals surface area contributed by atoms with E-state index in [2.05, 4.69) is 20.6 Å². The van der Waals surface area contributed by atoms with Gasteiger partial charge >= 0.3 is 6.18 Å². The van der Waals surface area contributed by atoms with E-state index >= 15 is 0 Å². The number of hydrogen-bond donors (Lipinski definition) is 2. The van der Waals surface area contributed by atoms with E-state index in [0.717, 1.165) is 30.7 Å². The average molecular weight is 403 g/mol. The van der Waals surface area contributed by atoms with Gasteiger partial charge in [-0.05, 0) is 26.2 Å². The van der Waals surface area contributed by atoms with Gasteiger partial charge in [-0.15, -0.1) is 0 Å². The number of carbonyl (C=O) groups excluding carboxylic acids is 1. The summed E-state index contributed by atoms with van der Waals surface area (Å²) in [5.41, 5.74) is 0.00623. The predicted octanol–water partition coefficient (Wildman–Crippen LogP) is 2.42. The molecular weight excluding hydrogens is 375 g/mol. The molecule has 0 aliphatic carbocycles. The molecule has 3 heterocycles. The van der Waals surface area contributed by atoms with Crippen molar-refractivity contribution < 1.29 is 22.7 Å². The molecule has 10 heteroatoms. The van der Waals surface area contributed by atoms with Crippen LogP contribution in [0.25, 0.3) is 0 Å². The van der Waals surface area contributed by atoms with Gasteiger partial charge in [-0.2, -0.15) is 18.3 Å². The summed E-state index contributed by atoms with van der Waals surface area (Å²) in [6.07, 6.45) is -3.18. The van der Waals surface area contributed by atoms with Crippen LogP contribution in [0.2, 0.25) is 0 Å². The molecule has 0 spiro atoms. The molecule has 3 rings (SSSR count). The Bertz CT molecular complexity index is 673. The molecule has 0 radical (unpaired) electrons. The van der Waals surface area contributed by atoms with Gasteiger partial charge in [0.2, 0.25) is 0 Å². The number of nitrogens with zero attached hydrogens (tertiary/aromatic N) is 3. The molecule has 158 valence electrons. The molecule has 1 aromatic heterocycles. The molecule has 1 fully saturated rings. The van der Waals surface area contributed by atoms with Gasteiger partial charge in [0.1, 0.15) is 5.82 Å². The third-order valence-corrected chi connectivity index (χ3v) is 5.35. The molecule has 0 bridgehead atoms. The lowest BCUT2D eigenvalue weighted by Crippen LogP contribution is -2.40. The molecule has 28 heavy (non-hydrogen) atoms. The Morgan fingerprint density at radius 2 is 2.14 bits per heavy atom. The maximum Gasteiger partial charge on any atom is 0.410 e. The minimum Gasteiger partial charge on any atom is -0.379 e. The summed E-state index contributed by atoms with van der Waals surface area (Å²) >= 11 is 0. The maximum absolute atomic E-state index is 13.4. The highest BCUT2D eigenvalue weighted by Gasteiger charge is 2.46. The van der Waals surface area contributed by atoms with Crippen molar-refractivity contribution in [2.45, 2.75) is 57.4 Å². The highest BCUT2D eigenvalue weighted by atomic mass is 19.4. The Balaban J connectivity index is 1.62. The molecule has 1 aromatic rings. The third-order valence-electron chi connectivity index (χ3n) is 5.35. The third kappa shape index (κ3) is 4.96. The van der Waals surface area contributed by atoms with Crippen molar-refractivity contribution in [1.82, 2.24) is 20.0 Å². The second-order valence-corrected chi connectivity index (χ2v) is 7.52. The second kappa shape index (κ2) is 8.69. The van der Waals surface area contributed by atoms with Gasteiger partial charge in [0.15, 0.2) is 11.7 Å². The number of aromatic nitrogens is 2. The zero-order valence-electron chi connectivity index (χ0n) is 16.3. The fourth-order valence-electron chi connectivity index (χ4n) is 3.60. The van der Waals surface area contributed by atoms with Gasteiger partial charge in [0, 0.05) is 37.8 Å². The minimum absolute atomic E-state index is 0.00623. The van der Waals surface area contributed by atoms with E-state index in [1.165, 1.54) is 6.07 Å². The Kier molecular flexibility index (Phi) is 6.49. The highest BCUT2D eigenvalue weighted by Crippen LogP contribution is 2.39. The lowest BCUT2D eigenvalue weighted by molar-refractivity contribution is -0.173. The van der Waals surface area contributed by atoms with E-state index in [4.69, 9.17) is 4.74 Å². The summed E-state index contributed by atoms with van der Waals surface area (Å²) in [6, 6.07) is -0.707. The summed E-state index contributed by atoms with van der Waals surface area (Å²) in [5.74, 6) is -0.210. The number of hydrogen-bond acceptors (Lipinski definition) is 5. The van der Waals surface area contributed by atoms with Crippen molar-refractivity contribution in [1.29, 1.82) is 0 Å². The molecule has 1 amide bonds. The van der Waals surface area contributed by atoms with Crippen molar-refractivity contribution in [3.8, 4) is 0 Å². The highest BCUT2D eigenvalue weighted by molar-refractivity contribution is 5.93. The molecule has 2 N–H and O–H groups in total. The monoisotopic (exact) mass is 403 g/mol. The smallest absolute Gasteiger partial charge is 0.379 e. The first-order valence-corrected chi connectivity index (χ1v) is 9.81. The molecule has 2 aliphatic rings. The van der Waals surface area contributed by atoms with Crippen molar-refractivity contribution in [3.63, 3.8) is 0 Å². The Hall–Kier alpha value is -1.81. The summed E-state index contributed by atoms with van der Waals surface area (Å²) in [5, 5.41) is 9.85. The standard InChI is InChI=1S/C18H28F3N5O2/c1-3-13-10-15(18(19,20)21)26-16(23-13)11-14(24-26)17(27)22-12(2)4-5-25-6-8-28-9-7-25/h11-13,15,23H,3-10H2,1-2H3,(H,22,27)/t12?,13-,15-/m1/s1. The van der Waals surface area contributed by atoms with E-state index < -0.39 is 18.1 Å². The van der Waals surface area contributed by atoms with Crippen LogP contribution in [0.4, 0.5) is 19.0 Å². The van der Waals surface area contributed by atoms with Gasteiger partial charge in [-0.3, -0.25) is 9.69 Å². The van der Waals surface area contributed by atoms with Gasteiger partial charge in [0.05, 0.1) is 13.2 Å². The number of anilines is 1. The lowest BCUT2D eigenvalue weighted by Gasteiger charge is -2.32. The molecule has 1 unspecified atom stereocenters. The molecular formula is C18H28F3N5O2. The van der Waals surface area contributed by atoms with E-state index in [-0.39, 0.29) is 30.0 Å². The number of halogens is 3. The first kappa shape index (κ1) is 20.9. The molecule has 7 nitrogen and oxygen atoms in total. The quantitative estimate of drug-likeness (QED) is 0.763. The molecule has 0 aromatic carbocycles. The Morgan fingerprint density at radius 1 is 1.43 bits per heavy atom. The minimum atomic E-state index is -4.41. The summed E-state index contributed by atoms with van der Waals surface area (Å²) < 4.78 is 46.5. The summed E-state index contributed by atoms with van der Waals surface area (Å²) in [7, 11) is 0. The van der Waals surface area contributed by atoms with Crippen LogP contribution in [-0.2, 0) is 4.74 Å². The van der Waals surface area contributed by atoms with E-state index in [0.29, 0.717) is 19.6 Å². The largest absolute Gasteiger partial charge is 0.410 e. The van der Waals surface area contributed by atoms with E-state index in [9.17, 15) is 18.0 Å². The Morgan fingerprint density at radius 3 is 2.79 bits per heavy atom. The maximum atomic E-state index is 13.4. The van der Waals surface area contributed by atoms with Crippen LogP contribution in [0.5, 0.6) is 0 Å². The van der Waals surface area contributed by atoms with Gasteiger partial charge in [-0.1, -0.05) is 6.92 Å². The number of nitrogens with one attached hydrogen (secondary N) is 2. The zero-order chi connectivity index (χ0) is 20.3. The fraction of sp³-hybridized carbons (Fsp3) is 0.778. The number of fused-ring (bicyclic) bond motifs is 1. The SMILES string of the molecule is CC[C@@H]1C[C@H](C(F)(F)F)n2nc(C(=O)NC(C)CCN3CCOCC3)cc2N1. The lowest BCUT2D eigenvalue weighted by atomic mass is 10.0. The van der Waals surface area contributed by atoms with E-state index in [1.54, 1.807) is 0 Å². The number of ether oxygens (including phenoxy) is 1. The molecule has 0 saturated carbocycles. The molecule has 3 atom stereocenters. The number of carbonyl (C=O) groups is 1. The van der Waals surface area contributed by atoms with Crippen LogP contribution in [0, 0.1) is 0 Å². The van der Waals surface area contributed by atoms with Crippen molar-refractivity contribution in [3.05, 3.63) is 11.8 Å². The fourth-order valence-corrected chi connectivity index (χ4v) is 3.60. The van der Waals surface area contributed by atoms with Crippen LogP contribution in [-0.4, -0.2) is 71.7 Å². The van der Waals surface area contributed by atoms with Crippen molar-refractivity contribution >= 4 is 11.7 Å². The van der Waals surface area contributed by atoms with Crippen LogP contribution in [0.1, 0.15) is 49.6 Å². The molecule has 1 saturated heterocycles. The van der Waals surface area contributed by atoms with Crippen molar-refractivity contribution in [2.24, 2.45) is 0 Å². The second-order valence-electron chi connectivity index (χ2n) is 7.52. The van der Waals surface area contributed by atoms with Crippen LogP contribution in [0.15, 0.2) is 6.07 Å². The first-order chi connectivity index (χ1) is 13.3. The average Bonchev–Trinajstić information content (AvgIpc) is 3.09. The number of amides is 1. The zero-order valence-corrected chi connectivity index (χ0v) is 16.3. The number of alkyl halides is 3. The van der Waals surface area contributed by atoms with Gasteiger partial charge in [0.25, 0.3) is 5.91 Å².